The van der Waals surface area contributed by atoms with Crippen molar-refractivity contribution in [1.29, 1.82) is 0 Å². The minimum atomic E-state index is -0.283. The van der Waals surface area contributed by atoms with Gasteiger partial charge in [-0.1, -0.05) is 50.2 Å². The van der Waals surface area contributed by atoms with Crippen LogP contribution in [0.4, 0.5) is 0 Å². The molecule has 0 aromatic heterocycles. The first-order valence-corrected chi connectivity index (χ1v) is 6.40. The molecule has 2 aromatic carbocycles. The number of rotatable bonds is 4. The predicted octanol–water partition coefficient (Wildman–Crippen LogP) is 4.50. The summed E-state index contributed by atoms with van der Waals surface area (Å²) < 4.78 is 0. The zero-order chi connectivity index (χ0) is 13.8. The summed E-state index contributed by atoms with van der Waals surface area (Å²) in [6.45, 7) is 3.97. The summed E-state index contributed by atoms with van der Waals surface area (Å²) in [5.74, 6) is 0.275. The van der Waals surface area contributed by atoms with Crippen molar-refractivity contribution in [2.75, 3.05) is 0 Å². The van der Waals surface area contributed by atoms with Crippen molar-refractivity contribution in [3.05, 3.63) is 63.8 Å². The van der Waals surface area contributed by atoms with Gasteiger partial charge in [-0.15, -0.1) is 0 Å². The maximum atomic E-state index is 11.0. The Balaban J connectivity index is 2.39. The van der Waals surface area contributed by atoms with Crippen LogP contribution >= 0.6 is 0 Å². The molecular weight excluding hydrogens is 238 g/mol. The number of hydrogen-bond acceptors (Lipinski definition) is 2. The largest absolute Gasteiger partial charge is 0.259 e. The summed E-state index contributed by atoms with van der Waals surface area (Å²) in [4.78, 5) is 10.8. The number of allylic oxidation sites excluding steroid dienone is 1. The normalized spacial score (nSPS) is 12.1. The van der Waals surface area contributed by atoms with E-state index in [1.807, 2.05) is 56.3 Å². The van der Waals surface area contributed by atoms with Crippen LogP contribution in [0.2, 0.25) is 0 Å². The maximum absolute atomic E-state index is 11.0. The molecule has 0 fully saturated rings. The van der Waals surface area contributed by atoms with E-state index in [1.165, 1.54) is 0 Å². The molecule has 0 N–H and O–H groups in total. The molecule has 0 radical (unpaired) electrons. The van der Waals surface area contributed by atoms with E-state index < -0.39 is 0 Å². The third kappa shape index (κ3) is 3.41. The SMILES string of the molecule is CC(C)CC(=Cc1ccc2ccccc2c1)[N+](=O)[O-]. The Labute approximate surface area is 112 Å². The second-order valence-corrected chi connectivity index (χ2v) is 5.10. The van der Waals surface area contributed by atoms with Crippen LogP contribution in [-0.2, 0) is 0 Å². The van der Waals surface area contributed by atoms with Crippen LogP contribution in [0.15, 0.2) is 48.2 Å². The van der Waals surface area contributed by atoms with E-state index in [1.54, 1.807) is 6.08 Å². The second kappa shape index (κ2) is 5.65. The van der Waals surface area contributed by atoms with E-state index in [4.69, 9.17) is 0 Å². The first-order valence-electron chi connectivity index (χ1n) is 6.40. The Hall–Kier alpha value is -2.16. The van der Waals surface area contributed by atoms with Crippen LogP contribution < -0.4 is 0 Å². The van der Waals surface area contributed by atoms with Gasteiger partial charge in [0.2, 0.25) is 5.70 Å². The van der Waals surface area contributed by atoms with E-state index >= 15 is 0 Å². The van der Waals surface area contributed by atoms with Crippen LogP contribution in [0.1, 0.15) is 25.8 Å². The molecule has 3 nitrogen and oxygen atoms in total. The van der Waals surface area contributed by atoms with Gasteiger partial charge in [0.15, 0.2) is 0 Å². The average Bonchev–Trinajstić information content (AvgIpc) is 2.37. The van der Waals surface area contributed by atoms with E-state index in [-0.39, 0.29) is 16.5 Å². The van der Waals surface area contributed by atoms with Crippen molar-refractivity contribution in [3.8, 4) is 0 Å². The van der Waals surface area contributed by atoms with Gasteiger partial charge in [0.1, 0.15) is 0 Å². The fourth-order valence-corrected chi connectivity index (χ4v) is 2.09. The van der Waals surface area contributed by atoms with Crippen molar-refractivity contribution >= 4 is 16.8 Å². The summed E-state index contributed by atoms with van der Waals surface area (Å²) >= 11 is 0. The van der Waals surface area contributed by atoms with Gasteiger partial charge in [0, 0.05) is 12.5 Å². The molecule has 0 atom stereocenters. The molecule has 0 unspecified atom stereocenters. The number of benzene rings is 2. The van der Waals surface area contributed by atoms with E-state index in [0.717, 1.165) is 16.3 Å². The quantitative estimate of drug-likeness (QED) is 0.596. The molecule has 0 bridgehead atoms. The maximum Gasteiger partial charge on any atom is 0.247 e. The lowest BCUT2D eigenvalue weighted by Crippen LogP contribution is -2.02. The molecular formula is C16H17NO2. The first kappa shape index (κ1) is 13.3. The highest BCUT2D eigenvalue weighted by atomic mass is 16.6. The van der Waals surface area contributed by atoms with Crippen molar-refractivity contribution < 1.29 is 4.92 Å². The molecule has 2 aromatic rings. The monoisotopic (exact) mass is 255 g/mol. The molecule has 0 amide bonds. The van der Waals surface area contributed by atoms with Gasteiger partial charge in [-0.3, -0.25) is 10.1 Å². The van der Waals surface area contributed by atoms with E-state index in [0.29, 0.717) is 6.42 Å². The Morgan fingerprint density at radius 2 is 1.89 bits per heavy atom. The molecule has 98 valence electrons. The molecule has 0 saturated heterocycles. The zero-order valence-electron chi connectivity index (χ0n) is 11.2. The smallest absolute Gasteiger partial charge is 0.247 e. The summed E-state index contributed by atoms with van der Waals surface area (Å²) in [7, 11) is 0. The molecule has 0 saturated carbocycles. The highest BCUT2D eigenvalue weighted by molar-refractivity contribution is 5.84. The molecule has 0 spiro atoms. The minimum absolute atomic E-state index is 0.269. The lowest BCUT2D eigenvalue weighted by Gasteiger charge is -2.03. The van der Waals surface area contributed by atoms with Crippen molar-refractivity contribution in [2.24, 2.45) is 5.92 Å². The van der Waals surface area contributed by atoms with Gasteiger partial charge in [0.25, 0.3) is 0 Å². The van der Waals surface area contributed by atoms with Crippen LogP contribution in [0.25, 0.3) is 16.8 Å². The molecule has 0 heterocycles. The van der Waals surface area contributed by atoms with Crippen molar-refractivity contribution in [1.82, 2.24) is 0 Å². The van der Waals surface area contributed by atoms with Crippen molar-refractivity contribution in [3.63, 3.8) is 0 Å². The van der Waals surface area contributed by atoms with E-state index in [9.17, 15) is 10.1 Å². The number of nitro groups is 1. The number of fused-ring (bicyclic) bond motifs is 1. The standard InChI is InChI=1S/C16H17NO2/c1-12(2)9-16(17(18)19)11-13-7-8-14-5-3-4-6-15(14)10-13/h3-8,10-12H,9H2,1-2H3. The van der Waals surface area contributed by atoms with Gasteiger partial charge in [0.05, 0.1) is 4.92 Å². The zero-order valence-corrected chi connectivity index (χ0v) is 11.2. The van der Waals surface area contributed by atoms with Gasteiger partial charge in [-0.25, -0.2) is 0 Å². The lowest BCUT2D eigenvalue weighted by molar-refractivity contribution is -0.427. The Morgan fingerprint density at radius 3 is 2.53 bits per heavy atom. The molecule has 0 aliphatic heterocycles. The average molecular weight is 255 g/mol. The summed E-state index contributed by atoms with van der Waals surface area (Å²) in [6, 6.07) is 13.9. The Morgan fingerprint density at radius 1 is 1.21 bits per heavy atom. The van der Waals surface area contributed by atoms with Crippen LogP contribution in [0, 0.1) is 16.0 Å². The topological polar surface area (TPSA) is 43.1 Å². The van der Waals surface area contributed by atoms with Crippen LogP contribution in [0.3, 0.4) is 0 Å². The summed E-state index contributed by atoms with van der Waals surface area (Å²) in [5, 5.41) is 13.3. The van der Waals surface area contributed by atoms with Gasteiger partial charge < -0.3 is 0 Å². The molecule has 0 aliphatic rings. The minimum Gasteiger partial charge on any atom is -0.259 e. The predicted molar refractivity (Wildman–Crippen MR) is 78.4 cm³/mol. The molecule has 3 heteroatoms. The highest BCUT2D eigenvalue weighted by Crippen LogP contribution is 2.20. The third-order valence-electron chi connectivity index (χ3n) is 2.96. The Bertz CT molecular complexity index is 629. The van der Waals surface area contributed by atoms with Crippen molar-refractivity contribution in [2.45, 2.75) is 20.3 Å². The first-order chi connectivity index (χ1) is 9.06. The lowest BCUT2D eigenvalue weighted by atomic mass is 10.0. The fourth-order valence-electron chi connectivity index (χ4n) is 2.09. The van der Waals surface area contributed by atoms with Crippen LogP contribution in [0.5, 0.6) is 0 Å². The summed E-state index contributed by atoms with van der Waals surface area (Å²) in [5.41, 5.74) is 1.15. The third-order valence-corrected chi connectivity index (χ3v) is 2.96. The molecule has 19 heavy (non-hydrogen) atoms. The van der Waals surface area contributed by atoms with E-state index in [2.05, 4.69) is 0 Å². The second-order valence-electron chi connectivity index (χ2n) is 5.10. The fraction of sp³-hybridized carbons (Fsp3) is 0.250. The van der Waals surface area contributed by atoms with Gasteiger partial charge in [-0.2, -0.15) is 0 Å². The molecule has 0 aliphatic carbocycles. The highest BCUT2D eigenvalue weighted by Gasteiger charge is 2.12. The van der Waals surface area contributed by atoms with Crippen LogP contribution in [-0.4, -0.2) is 4.92 Å². The van der Waals surface area contributed by atoms with Gasteiger partial charge in [-0.05, 0) is 28.3 Å². The number of hydrogen-bond donors (Lipinski definition) is 0. The molecule has 2 rings (SSSR count). The Kier molecular flexibility index (Phi) is 3.95. The summed E-state index contributed by atoms with van der Waals surface area (Å²) in [6.07, 6.45) is 2.16. The number of nitrogens with zero attached hydrogens (tertiary/aromatic N) is 1. The van der Waals surface area contributed by atoms with Gasteiger partial charge >= 0.3 is 0 Å².